The van der Waals surface area contributed by atoms with Crippen molar-refractivity contribution in [2.45, 2.75) is 51.1 Å². The number of hydrogen-bond acceptors (Lipinski definition) is 5. The Kier molecular flexibility index (Phi) is 12.0. The second kappa shape index (κ2) is 16.1. The molecule has 4 aromatic carbocycles. The van der Waals surface area contributed by atoms with Gasteiger partial charge in [0.2, 0.25) is 11.8 Å². The van der Waals surface area contributed by atoms with Crippen LogP contribution in [0.4, 0.5) is 5.69 Å². The van der Waals surface area contributed by atoms with E-state index in [0.29, 0.717) is 24.4 Å². The topological polar surface area (TPSA) is 96.0 Å². The smallest absolute Gasteiger partial charge is 0.264 e. The second-order valence-corrected chi connectivity index (χ2v) is 13.4. The molecule has 0 radical (unpaired) electrons. The molecule has 0 aliphatic rings. The van der Waals surface area contributed by atoms with E-state index in [4.69, 9.17) is 4.74 Å². The van der Waals surface area contributed by atoms with Gasteiger partial charge in [0.25, 0.3) is 10.0 Å². The van der Waals surface area contributed by atoms with Gasteiger partial charge in [-0.3, -0.25) is 13.9 Å². The molecule has 9 heteroatoms. The standard InChI is InChI=1S/C37H43N3O5S/c1-5-31-18-12-13-22-34(31)40(46(43,44)33-20-10-7-11-21-33)27-36(41)39(26-30-17-14-19-32(23-30)45-4)35(37(42)38-25-28(2)3)24-29-15-8-6-9-16-29/h6-23,28,35H,5,24-27H2,1-4H3,(H,38,42). The molecule has 242 valence electrons. The fraction of sp³-hybridized carbons (Fsp3) is 0.297. The molecule has 0 aliphatic carbocycles. The van der Waals surface area contributed by atoms with Crippen molar-refractivity contribution < 1.29 is 22.7 Å². The van der Waals surface area contributed by atoms with Crippen LogP contribution in [-0.2, 0) is 39.0 Å². The number of carbonyl (C=O) groups is 2. The maximum Gasteiger partial charge on any atom is 0.264 e. The average molecular weight is 642 g/mol. The van der Waals surface area contributed by atoms with E-state index in [-0.39, 0.29) is 29.7 Å². The first kappa shape index (κ1) is 34.2. The summed E-state index contributed by atoms with van der Waals surface area (Å²) in [5.74, 6) is -0.00563. The van der Waals surface area contributed by atoms with E-state index >= 15 is 0 Å². The number of anilines is 1. The first-order chi connectivity index (χ1) is 22.1. The molecule has 46 heavy (non-hydrogen) atoms. The molecule has 0 aromatic heterocycles. The molecule has 1 N–H and O–H groups in total. The number of rotatable bonds is 15. The maximum atomic E-state index is 14.6. The first-order valence-corrected chi connectivity index (χ1v) is 17.0. The van der Waals surface area contributed by atoms with Gasteiger partial charge in [-0.2, -0.15) is 0 Å². The Balaban J connectivity index is 1.83. The van der Waals surface area contributed by atoms with Crippen molar-refractivity contribution in [3.63, 3.8) is 0 Å². The van der Waals surface area contributed by atoms with Crippen LogP contribution in [0, 0.1) is 5.92 Å². The molecule has 0 saturated heterocycles. The predicted molar refractivity (Wildman–Crippen MR) is 182 cm³/mol. The van der Waals surface area contributed by atoms with Crippen molar-refractivity contribution in [2.24, 2.45) is 5.92 Å². The lowest BCUT2D eigenvalue weighted by Gasteiger charge is -2.34. The highest BCUT2D eigenvalue weighted by atomic mass is 32.2. The summed E-state index contributed by atoms with van der Waals surface area (Å²) in [6, 6.07) is 31.2. The summed E-state index contributed by atoms with van der Waals surface area (Å²) < 4.78 is 35.1. The minimum absolute atomic E-state index is 0.0667. The normalized spacial score (nSPS) is 11.9. The molecule has 1 unspecified atom stereocenters. The Bertz CT molecular complexity index is 1690. The van der Waals surface area contributed by atoms with Crippen molar-refractivity contribution in [1.29, 1.82) is 0 Å². The van der Waals surface area contributed by atoms with Crippen molar-refractivity contribution in [1.82, 2.24) is 10.2 Å². The number of nitrogens with one attached hydrogen (secondary N) is 1. The minimum Gasteiger partial charge on any atom is -0.497 e. The van der Waals surface area contributed by atoms with Gasteiger partial charge in [-0.05, 0) is 59.4 Å². The number of benzene rings is 4. The van der Waals surface area contributed by atoms with Gasteiger partial charge in [0, 0.05) is 19.5 Å². The number of para-hydroxylation sites is 1. The van der Waals surface area contributed by atoms with Gasteiger partial charge in [0.15, 0.2) is 0 Å². The van der Waals surface area contributed by atoms with Crippen LogP contribution < -0.4 is 14.4 Å². The Morgan fingerprint density at radius 3 is 2.11 bits per heavy atom. The van der Waals surface area contributed by atoms with E-state index in [1.54, 1.807) is 37.4 Å². The number of sulfonamides is 1. The highest BCUT2D eigenvalue weighted by Gasteiger charge is 2.35. The molecule has 0 heterocycles. The van der Waals surface area contributed by atoms with Gasteiger partial charge in [0.1, 0.15) is 18.3 Å². The summed E-state index contributed by atoms with van der Waals surface area (Å²) in [5.41, 5.74) is 2.83. The molecule has 0 fully saturated rings. The third kappa shape index (κ3) is 8.75. The molecule has 1 atom stereocenters. The molecule has 0 aliphatic heterocycles. The third-order valence-electron chi connectivity index (χ3n) is 7.69. The Hall–Kier alpha value is -4.63. The van der Waals surface area contributed by atoms with E-state index in [1.807, 2.05) is 87.5 Å². The summed E-state index contributed by atoms with van der Waals surface area (Å²) in [6.07, 6.45) is 0.810. The summed E-state index contributed by atoms with van der Waals surface area (Å²) in [4.78, 5) is 30.1. The first-order valence-electron chi connectivity index (χ1n) is 15.5. The third-order valence-corrected chi connectivity index (χ3v) is 9.47. The monoisotopic (exact) mass is 641 g/mol. The fourth-order valence-electron chi connectivity index (χ4n) is 5.23. The molecular formula is C37H43N3O5S. The molecule has 4 aromatic rings. The van der Waals surface area contributed by atoms with E-state index in [9.17, 15) is 18.0 Å². The fourth-order valence-corrected chi connectivity index (χ4v) is 6.70. The highest BCUT2D eigenvalue weighted by molar-refractivity contribution is 7.92. The molecule has 0 saturated carbocycles. The van der Waals surface area contributed by atoms with Crippen LogP contribution in [0.15, 0.2) is 114 Å². The maximum absolute atomic E-state index is 14.6. The van der Waals surface area contributed by atoms with Gasteiger partial charge in [-0.15, -0.1) is 0 Å². The van der Waals surface area contributed by atoms with Crippen LogP contribution in [0.3, 0.4) is 0 Å². The number of carbonyl (C=O) groups excluding carboxylic acids is 2. The molecule has 0 bridgehead atoms. The molecule has 2 amide bonds. The van der Waals surface area contributed by atoms with Crippen molar-refractivity contribution >= 4 is 27.5 Å². The molecule has 8 nitrogen and oxygen atoms in total. The highest BCUT2D eigenvalue weighted by Crippen LogP contribution is 2.28. The molecule has 0 spiro atoms. The van der Waals surface area contributed by atoms with Crippen LogP contribution in [-0.4, -0.2) is 51.4 Å². The van der Waals surface area contributed by atoms with Crippen LogP contribution in [0.5, 0.6) is 5.75 Å². The number of aryl methyl sites for hydroxylation is 1. The van der Waals surface area contributed by atoms with E-state index < -0.39 is 28.5 Å². The lowest BCUT2D eigenvalue weighted by atomic mass is 10.0. The van der Waals surface area contributed by atoms with E-state index in [1.165, 1.54) is 21.3 Å². The lowest BCUT2D eigenvalue weighted by Crippen LogP contribution is -2.53. The SMILES string of the molecule is CCc1ccccc1N(CC(=O)N(Cc1cccc(OC)c1)C(Cc1ccccc1)C(=O)NCC(C)C)S(=O)(=O)c1ccccc1. The van der Waals surface area contributed by atoms with Crippen LogP contribution >= 0.6 is 0 Å². The van der Waals surface area contributed by atoms with Crippen LogP contribution in [0.2, 0.25) is 0 Å². The van der Waals surface area contributed by atoms with Gasteiger partial charge < -0.3 is 15.0 Å². The largest absolute Gasteiger partial charge is 0.497 e. The lowest BCUT2D eigenvalue weighted by molar-refractivity contribution is -0.140. The van der Waals surface area contributed by atoms with Gasteiger partial charge in [-0.1, -0.05) is 99.6 Å². The Morgan fingerprint density at radius 1 is 0.826 bits per heavy atom. The number of amides is 2. The van der Waals surface area contributed by atoms with E-state index in [2.05, 4.69) is 5.32 Å². The number of methoxy groups -OCH3 is 1. The van der Waals surface area contributed by atoms with Crippen molar-refractivity contribution in [3.8, 4) is 5.75 Å². The quantitative estimate of drug-likeness (QED) is 0.175. The zero-order chi connectivity index (χ0) is 33.1. The van der Waals surface area contributed by atoms with Crippen molar-refractivity contribution in [2.75, 3.05) is 24.5 Å². The number of ether oxygens (including phenoxy) is 1. The Morgan fingerprint density at radius 2 is 1.46 bits per heavy atom. The zero-order valence-corrected chi connectivity index (χ0v) is 27.7. The van der Waals surface area contributed by atoms with Crippen molar-refractivity contribution in [3.05, 3.63) is 126 Å². The zero-order valence-electron chi connectivity index (χ0n) is 26.9. The van der Waals surface area contributed by atoms with Crippen LogP contribution in [0.1, 0.15) is 37.5 Å². The van der Waals surface area contributed by atoms with Crippen LogP contribution in [0.25, 0.3) is 0 Å². The van der Waals surface area contributed by atoms with Gasteiger partial charge in [0.05, 0.1) is 17.7 Å². The second-order valence-electron chi connectivity index (χ2n) is 11.5. The summed E-state index contributed by atoms with van der Waals surface area (Å²) in [6.45, 7) is 5.95. The van der Waals surface area contributed by atoms with E-state index in [0.717, 1.165) is 16.7 Å². The van der Waals surface area contributed by atoms with Gasteiger partial charge in [-0.25, -0.2) is 8.42 Å². The Labute approximate surface area is 273 Å². The predicted octanol–water partition coefficient (Wildman–Crippen LogP) is 5.87. The molecule has 4 rings (SSSR count). The van der Waals surface area contributed by atoms with Gasteiger partial charge >= 0.3 is 0 Å². The summed E-state index contributed by atoms with van der Waals surface area (Å²) >= 11 is 0. The molecular weight excluding hydrogens is 598 g/mol. The minimum atomic E-state index is -4.16. The summed E-state index contributed by atoms with van der Waals surface area (Å²) in [7, 11) is -2.59. The summed E-state index contributed by atoms with van der Waals surface area (Å²) in [5, 5.41) is 3.02. The number of hydrogen-bond donors (Lipinski definition) is 1. The number of nitrogens with zero attached hydrogens (tertiary/aromatic N) is 2. The average Bonchev–Trinajstić information content (AvgIpc) is 3.08.